The first-order chi connectivity index (χ1) is 18.4. The zero-order chi connectivity index (χ0) is 26.6. The summed E-state index contributed by atoms with van der Waals surface area (Å²) >= 11 is 0. The normalized spacial score (nSPS) is 11.0. The molecule has 5 aromatic rings. The molecule has 0 saturated heterocycles. The van der Waals surface area contributed by atoms with E-state index in [1.165, 1.54) is 0 Å². The number of allylic oxidation sites excluding steroid dienone is 1. The number of hydrogen-bond donors (Lipinski definition) is 2. The third kappa shape index (κ3) is 5.11. The van der Waals surface area contributed by atoms with Crippen LogP contribution in [0.25, 0.3) is 38.9 Å². The maximum atomic E-state index is 11.5. The van der Waals surface area contributed by atoms with Gasteiger partial charge in [-0.1, -0.05) is 60.2 Å². The van der Waals surface area contributed by atoms with E-state index in [-0.39, 0.29) is 5.88 Å². The summed E-state index contributed by atoms with van der Waals surface area (Å²) < 4.78 is 11.3. The lowest BCUT2D eigenvalue weighted by Gasteiger charge is -2.11. The number of carbonyl (C=O) groups is 1. The average molecular weight is 507 g/mol. The van der Waals surface area contributed by atoms with E-state index in [2.05, 4.69) is 41.2 Å². The van der Waals surface area contributed by atoms with Gasteiger partial charge in [0.1, 0.15) is 5.75 Å². The number of H-pyrrole nitrogens is 1. The Balaban J connectivity index is 1.48. The highest BCUT2D eigenvalue weighted by atomic mass is 16.7. The number of aromatic nitrogens is 2. The fourth-order valence-electron chi connectivity index (χ4n) is 4.95. The minimum Gasteiger partial charge on any atom is -0.493 e. The van der Waals surface area contributed by atoms with E-state index in [1.54, 1.807) is 0 Å². The van der Waals surface area contributed by atoms with Gasteiger partial charge in [-0.3, -0.25) is 4.98 Å². The van der Waals surface area contributed by atoms with Gasteiger partial charge in [0.15, 0.2) is 0 Å². The summed E-state index contributed by atoms with van der Waals surface area (Å²) in [4.78, 5) is 19.4. The molecule has 0 aliphatic carbocycles. The van der Waals surface area contributed by atoms with Gasteiger partial charge in [0.25, 0.3) is 0 Å². The number of ether oxygens (including phenoxy) is 2. The van der Waals surface area contributed by atoms with Crippen LogP contribution in [0.1, 0.15) is 37.1 Å². The SMILES string of the molecule is CC(C)=Cc1nccc(C)c1-c1cccc2c(CCCOc3cccc4ccccc34)c(OC(=O)O)[nH]c12. The molecule has 3 aromatic carbocycles. The van der Waals surface area contributed by atoms with Crippen molar-refractivity contribution in [1.29, 1.82) is 0 Å². The highest BCUT2D eigenvalue weighted by molar-refractivity contribution is 6.00. The molecule has 0 bridgehead atoms. The summed E-state index contributed by atoms with van der Waals surface area (Å²) in [6, 6.07) is 22.2. The van der Waals surface area contributed by atoms with Crippen molar-refractivity contribution in [2.24, 2.45) is 0 Å². The van der Waals surface area contributed by atoms with Crippen molar-refractivity contribution >= 4 is 33.9 Å². The number of carboxylic acid groups (broad SMARTS) is 1. The predicted octanol–water partition coefficient (Wildman–Crippen LogP) is 8.18. The summed E-state index contributed by atoms with van der Waals surface area (Å²) in [7, 11) is 0. The van der Waals surface area contributed by atoms with Crippen LogP contribution in [0, 0.1) is 6.92 Å². The van der Waals surface area contributed by atoms with Crippen molar-refractivity contribution in [3.63, 3.8) is 0 Å². The van der Waals surface area contributed by atoms with E-state index in [4.69, 9.17) is 9.47 Å². The van der Waals surface area contributed by atoms with Crippen LogP contribution in [0.3, 0.4) is 0 Å². The second-order valence-electron chi connectivity index (χ2n) is 9.57. The molecule has 0 saturated carbocycles. The first kappa shape index (κ1) is 25.1. The Bertz CT molecular complexity index is 1660. The monoisotopic (exact) mass is 506 g/mol. The summed E-state index contributed by atoms with van der Waals surface area (Å²) in [6.07, 6.45) is 3.79. The average Bonchev–Trinajstić information content (AvgIpc) is 3.23. The van der Waals surface area contributed by atoms with Crippen LogP contribution < -0.4 is 9.47 Å². The van der Waals surface area contributed by atoms with E-state index >= 15 is 0 Å². The Morgan fingerprint density at radius 3 is 2.58 bits per heavy atom. The van der Waals surface area contributed by atoms with Crippen molar-refractivity contribution < 1.29 is 19.4 Å². The van der Waals surface area contributed by atoms with Crippen LogP contribution in [0.5, 0.6) is 11.6 Å². The molecule has 38 heavy (non-hydrogen) atoms. The van der Waals surface area contributed by atoms with Gasteiger partial charge in [-0.05, 0) is 62.8 Å². The Morgan fingerprint density at radius 2 is 1.76 bits per heavy atom. The number of aromatic amines is 1. The maximum Gasteiger partial charge on any atom is 0.512 e. The van der Waals surface area contributed by atoms with E-state index in [0.717, 1.165) is 60.9 Å². The lowest BCUT2D eigenvalue weighted by Crippen LogP contribution is -2.06. The maximum absolute atomic E-state index is 11.5. The van der Waals surface area contributed by atoms with Crippen LogP contribution in [0.4, 0.5) is 4.79 Å². The molecule has 0 radical (unpaired) electrons. The number of hydrogen-bond acceptors (Lipinski definition) is 4. The molecule has 6 heteroatoms. The quantitative estimate of drug-likeness (QED) is 0.164. The number of nitrogens with one attached hydrogen (secondary N) is 1. The standard InChI is InChI=1S/C32H30N2O4/c1-20(2)19-27-29(21(3)16-17-33-27)26-13-7-12-24-25(31(34-30(24)26)38-32(35)36)14-8-18-37-28-15-6-10-22-9-4-5-11-23(22)28/h4-7,9-13,15-17,19,34H,8,14,18H2,1-3H3,(H,35,36). The van der Waals surface area contributed by atoms with E-state index in [9.17, 15) is 9.90 Å². The molecule has 6 nitrogen and oxygen atoms in total. The minimum atomic E-state index is -1.35. The molecule has 2 N–H and O–H groups in total. The minimum absolute atomic E-state index is 0.246. The van der Waals surface area contributed by atoms with Crippen LogP contribution in [-0.2, 0) is 6.42 Å². The van der Waals surface area contributed by atoms with Gasteiger partial charge in [-0.25, -0.2) is 4.79 Å². The molecule has 0 aliphatic heterocycles. The highest BCUT2D eigenvalue weighted by Crippen LogP contribution is 2.38. The number of benzene rings is 3. The van der Waals surface area contributed by atoms with E-state index in [1.807, 2.05) is 68.6 Å². The smallest absolute Gasteiger partial charge is 0.493 e. The van der Waals surface area contributed by atoms with Crippen molar-refractivity contribution in [3.05, 3.63) is 95.3 Å². The largest absolute Gasteiger partial charge is 0.512 e. The molecule has 0 aliphatic rings. The second kappa shape index (κ2) is 10.8. The molecule has 0 amide bonds. The van der Waals surface area contributed by atoms with Gasteiger partial charge in [-0.2, -0.15) is 0 Å². The summed E-state index contributed by atoms with van der Waals surface area (Å²) in [6.45, 7) is 6.63. The number of pyridine rings is 1. The van der Waals surface area contributed by atoms with Gasteiger partial charge in [-0.15, -0.1) is 0 Å². The van der Waals surface area contributed by atoms with E-state index in [0.29, 0.717) is 19.4 Å². The molecule has 2 heterocycles. The van der Waals surface area contributed by atoms with Crippen molar-refractivity contribution in [2.75, 3.05) is 6.61 Å². The first-order valence-corrected chi connectivity index (χ1v) is 12.7. The van der Waals surface area contributed by atoms with Gasteiger partial charge in [0.05, 0.1) is 17.8 Å². The summed E-state index contributed by atoms with van der Waals surface area (Å²) in [5.41, 5.74) is 6.70. The molecular formula is C32H30N2O4. The number of aryl methyl sites for hydroxylation is 2. The summed E-state index contributed by atoms with van der Waals surface area (Å²) in [5.74, 6) is 1.08. The zero-order valence-corrected chi connectivity index (χ0v) is 21.7. The molecule has 0 atom stereocenters. The van der Waals surface area contributed by atoms with E-state index < -0.39 is 6.16 Å². The molecule has 0 spiro atoms. The zero-order valence-electron chi connectivity index (χ0n) is 21.7. The molecule has 0 fully saturated rings. The fraction of sp³-hybridized carbons (Fsp3) is 0.188. The second-order valence-corrected chi connectivity index (χ2v) is 9.57. The number of fused-ring (bicyclic) bond motifs is 2. The Morgan fingerprint density at radius 1 is 1.00 bits per heavy atom. The number of rotatable bonds is 8. The fourth-order valence-corrected chi connectivity index (χ4v) is 4.95. The molecule has 192 valence electrons. The Hall–Kier alpha value is -4.58. The van der Waals surface area contributed by atoms with Crippen LogP contribution in [-0.4, -0.2) is 27.8 Å². The van der Waals surface area contributed by atoms with Crippen molar-refractivity contribution in [3.8, 4) is 22.8 Å². The molecule has 2 aromatic heterocycles. The number of nitrogens with zero attached hydrogens (tertiary/aromatic N) is 1. The first-order valence-electron chi connectivity index (χ1n) is 12.7. The van der Waals surface area contributed by atoms with Gasteiger partial charge < -0.3 is 19.6 Å². The topological polar surface area (TPSA) is 84.4 Å². The van der Waals surface area contributed by atoms with Crippen molar-refractivity contribution in [1.82, 2.24) is 9.97 Å². The van der Waals surface area contributed by atoms with Crippen molar-refractivity contribution in [2.45, 2.75) is 33.6 Å². The Kier molecular flexibility index (Phi) is 7.13. The summed E-state index contributed by atoms with van der Waals surface area (Å²) in [5, 5.41) is 12.6. The number of para-hydroxylation sites is 1. The highest BCUT2D eigenvalue weighted by Gasteiger charge is 2.20. The van der Waals surface area contributed by atoms with Gasteiger partial charge in [0, 0.05) is 33.7 Å². The van der Waals surface area contributed by atoms with Gasteiger partial charge in [0.2, 0.25) is 5.88 Å². The third-order valence-corrected chi connectivity index (χ3v) is 6.55. The lowest BCUT2D eigenvalue weighted by atomic mass is 9.95. The van der Waals surface area contributed by atoms with Crippen LogP contribution >= 0.6 is 0 Å². The van der Waals surface area contributed by atoms with Gasteiger partial charge >= 0.3 is 6.16 Å². The van der Waals surface area contributed by atoms with Crippen LogP contribution in [0.2, 0.25) is 0 Å². The molecule has 5 rings (SSSR count). The molecule has 0 unspecified atom stereocenters. The third-order valence-electron chi connectivity index (χ3n) is 6.55. The lowest BCUT2D eigenvalue weighted by molar-refractivity contribution is 0.142. The predicted molar refractivity (Wildman–Crippen MR) is 152 cm³/mol. The molecular weight excluding hydrogens is 476 g/mol. The van der Waals surface area contributed by atoms with Crippen LogP contribution in [0.15, 0.2) is 78.5 Å². The Labute approximate surface area is 221 Å².